The van der Waals surface area contributed by atoms with Crippen LogP contribution in [0.1, 0.15) is 32.6 Å². The van der Waals surface area contributed by atoms with Gasteiger partial charge in [0.1, 0.15) is 0 Å². The van der Waals surface area contributed by atoms with Crippen LogP contribution >= 0.6 is 0 Å². The van der Waals surface area contributed by atoms with Crippen LogP contribution in [-0.2, 0) is 0 Å². The molecule has 0 aromatic heterocycles. The standard InChI is InChI=1S/C14H27F3N4/c1-3-18-13(20-9-7-14(15,16)17)19-8-4-12-5-10-21(2)11-6-12/h12H,3-11H2,1-2H3,(H2,18,19,20). The first-order chi connectivity index (χ1) is 9.90. The summed E-state index contributed by atoms with van der Waals surface area (Å²) in [6.07, 6.45) is -1.59. The summed E-state index contributed by atoms with van der Waals surface area (Å²) in [4.78, 5) is 6.68. The van der Waals surface area contributed by atoms with Gasteiger partial charge in [-0.2, -0.15) is 13.2 Å². The van der Waals surface area contributed by atoms with Crippen LogP contribution in [-0.4, -0.2) is 56.8 Å². The first-order valence-corrected chi connectivity index (χ1v) is 7.68. The van der Waals surface area contributed by atoms with E-state index < -0.39 is 12.6 Å². The van der Waals surface area contributed by atoms with Crippen LogP contribution in [0.5, 0.6) is 0 Å². The molecule has 1 aliphatic heterocycles. The Hall–Kier alpha value is -0.980. The lowest BCUT2D eigenvalue weighted by atomic mass is 9.94. The van der Waals surface area contributed by atoms with Crippen molar-refractivity contribution >= 4 is 5.96 Å². The number of aliphatic imine (C=N–C) groups is 1. The van der Waals surface area contributed by atoms with Gasteiger partial charge in [0.15, 0.2) is 5.96 Å². The summed E-state index contributed by atoms with van der Waals surface area (Å²) in [5.74, 6) is 1.16. The van der Waals surface area contributed by atoms with Crippen molar-refractivity contribution in [2.75, 3.05) is 39.8 Å². The summed E-state index contributed by atoms with van der Waals surface area (Å²) >= 11 is 0. The summed E-state index contributed by atoms with van der Waals surface area (Å²) in [5, 5.41) is 5.71. The molecule has 0 atom stereocenters. The van der Waals surface area contributed by atoms with Crippen molar-refractivity contribution in [2.24, 2.45) is 10.9 Å². The molecule has 1 aliphatic rings. The number of hydrogen-bond donors (Lipinski definition) is 2. The predicted octanol–water partition coefficient (Wildman–Crippen LogP) is 2.23. The Labute approximate surface area is 125 Å². The molecule has 124 valence electrons. The minimum Gasteiger partial charge on any atom is -0.357 e. The van der Waals surface area contributed by atoms with Crippen LogP contribution in [0, 0.1) is 5.92 Å². The quantitative estimate of drug-likeness (QED) is 0.584. The van der Waals surface area contributed by atoms with E-state index in [-0.39, 0.29) is 6.54 Å². The molecule has 0 aromatic rings. The topological polar surface area (TPSA) is 39.7 Å². The number of rotatable bonds is 6. The number of nitrogens with one attached hydrogen (secondary N) is 2. The average Bonchev–Trinajstić information content (AvgIpc) is 2.39. The first-order valence-electron chi connectivity index (χ1n) is 7.68. The van der Waals surface area contributed by atoms with Crippen LogP contribution in [0.3, 0.4) is 0 Å². The van der Waals surface area contributed by atoms with Gasteiger partial charge in [-0.3, -0.25) is 4.99 Å². The fourth-order valence-corrected chi connectivity index (χ4v) is 2.37. The zero-order valence-corrected chi connectivity index (χ0v) is 13.0. The molecule has 0 spiro atoms. The molecule has 1 saturated heterocycles. The van der Waals surface area contributed by atoms with E-state index in [9.17, 15) is 13.2 Å². The Morgan fingerprint density at radius 3 is 2.48 bits per heavy atom. The number of nitrogens with zero attached hydrogens (tertiary/aromatic N) is 2. The molecule has 0 saturated carbocycles. The summed E-state index contributed by atoms with van der Waals surface area (Å²) in [6.45, 7) is 5.32. The van der Waals surface area contributed by atoms with Crippen LogP contribution in [0.2, 0.25) is 0 Å². The molecule has 1 fully saturated rings. The van der Waals surface area contributed by atoms with Gasteiger partial charge in [0.05, 0.1) is 6.42 Å². The Kier molecular flexibility index (Phi) is 7.85. The van der Waals surface area contributed by atoms with E-state index in [2.05, 4.69) is 27.6 Å². The van der Waals surface area contributed by atoms with Gasteiger partial charge in [0, 0.05) is 19.6 Å². The third kappa shape index (κ3) is 8.80. The van der Waals surface area contributed by atoms with Crippen LogP contribution < -0.4 is 10.6 Å². The van der Waals surface area contributed by atoms with Gasteiger partial charge >= 0.3 is 6.18 Å². The zero-order chi connectivity index (χ0) is 15.7. The summed E-state index contributed by atoms with van der Waals surface area (Å²) in [5.41, 5.74) is 0. The van der Waals surface area contributed by atoms with Gasteiger partial charge in [-0.25, -0.2) is 0 Å². The Bertz CT molecular complexity index is 310. The molecule has 7 heteroatoms. The van der Waals surface area contributed by atoms with Gasteiger partial charge in [0.25, 0.3) is 0 Å². The smallest absolute Gasteiger partial charge is 0.357 e. The van der Waals surface area contributed by atoms with E-state index in [0.29, 0.717) is 25.0 Å². The molecule has 0 aromatic carbocycles. The zero-order valence-electron chi connectivity index (χ0n) is 13.0. The Morgan fingerprint density at radius 1 is 1.24 bits per heavy atom. The van der Waals surface area contributed by atoms with E-state index in [1.54, 1.807) is 0 Å². The molecule has 2 N–H and O–H groups in total. The molecule has 4 nitrogen and oxygen atoms in total. The molecular weight excluding hydrogens is 281 g/mol. The van der Waals surface area contributed by atoms with Gasteiger partial charge in [-0.15, -0.1) is 0 Å². The lowest BCUT2D eigenvalue weighted by molar-refractivity contribution is -0.132. The highest BCUT2D eigenvalue weighted by Gasteiger charge is 2.26. The third-order valence-corrected chi connectivity index (χ3v) is 3.69. The Balaban J connectivity index is 2.27. The normalized spacial score (nSPS) is 18.8. The molecular formula is C14H27F3N4. The Morgan fingerprint density at radius 2 is 1.90 bits per heavy atom. The van der Waals surface area contributed by atoms with Gasteiger partial charge in [0.2, 0.25) is 0 Å². The van der Waals surface area contributed by atoms with Crippen molar-refractivity contribution in [1.29, 1.82) is 0 Å². The van der Waals surface area contributed by atoms with Crippen molar-refractivity contribution in [3.05, 3.63) is 0 Å². The molecule has 21 heavy (non-hydrogen) atoms. The third-order valence-electron chi connectivity index (χ3n) is 3.69. The van der Waals surface area contributed by atoms with Gasteiger partial charge in [-0.05, 0) is 52.2 Å². The molecule has 0 unspecified atom stereocenters. The highest BCUT2D eigenvalue weighted by molar-refractivity contribution is 5.79. The van der Waals surface area contributed by atoms with E-state index in [4.69, 9.17) is 0 Å². The number of guanidine groups is 1. The van der Waals surface area contributed by atoms with E-state index >= 15 is 0 Å². The monoisotopic (exact) mass is 308 g/mol. The summed E-state index contributed by atoms with van der Waals surface area (Å²) in [6, 6.07) is 0. The fraction of sp³-hybridized carbons (Fsp3) is 0.929. The number of likely N-dealkylation sites (tertiary alicyclic amines) is 1. The second kappa shape index (κ2) is 9.12. The van der Waals surface area contributed by atoms with Crippen molar-refractivity contribution in [1.82, 2.24) is 15.5 Å². The van der Waals surface area contributed by atoms with Gasteiger partial charge in [-0.1, -0.05) is 0 Å². The van der Waals surface area contributed by atoms with Crippen LogP contribution in [0.15, 0.2) is 4.99 Å². The number of halogens is 3. The second-order valence-corrected chi connectivity index (χ2v) is 5.59. The molecule has 1 heterocycles. The molecule has 0 aliphatic carbocycles. The SMILES string of the molecule is CCNC(=NCCC1CCN(C)CC1)NCCC(F)(F)F. The first kappa shape index (κ1) is 18.1. The van der Waals surface area contributed by atoms with Crippen molar-refractivity contribution in [3.63, 3.8) is 0 Å². The number of alkyl halides is 3. The average molecular weight is 308 g/mol. The van der Waals surface area contributed by atoms with Crippen LogP contribution in [0.4, 0.5) is 13.2 Å². The van der Waals surface area contributed by atoms with Crippen molar-refractivity contribution in [2.45, 2.75) is 38.8 Å². The van der Waals surface area contributed by atoms with Crippen LogP contribution in [0.25, 0.3) is 0 Å². The van der Waals surface area contributed by atoms with E-state index in [1.165, 1.54) is 12.8 Å². The summed E-state index contributed by atoms with van der Waals surface area (Å²) in [7, 11) is 2.13. The lowest BCUT2D eigenvalue weighted by Gasteiger charge is -2.28. The number of piperidine rings is 1. The minimum absolute atomic E-state index is 0.135. The molecule has 0 bridgehead atoms. The largest absolute Gasteiger partial charge is 0.390 e. The highest BCUT2D eigenvalue weighted by atomic mass is 19.4. The van der Waals surface area contributed by atoms with Crippen molar-refractivity contribution in [3.8, 4) is 0 Å². The maximum absolute atomic E-state index is 12.1. The minimum atomic E-state index is -4.13. The summed E-state index contributed by atoms with van der Waals surface area (Å²) < 4.78 is 36.3. The molecule has 1 rings (SSSR count). The fourth-order valence-electron chi connectivity index (χ4n) is 2.37. The number of hydrogen-bond acceptors (Lipinski definition) is 2. The maximum Gasteiger partial charge on any atom is 0.390 e. The molecule has 0 radical (unpaired) electrons. The predicted molar refractivity (Wildman–Crippen MR) is 79.5 cm³/mol. The van der Waals surface area contributed by atoms with Crippen molar-refractivity contribution < 1.29 is 13.2 Å². The highest BCUT2D eigenvalue weighted by Crippen LogP contribution is 2.19. The van der Waals surface area contributed by atoms with E-state index in [1.807, 2.05) is 6.92 Å². The lowest BCUT2D eigenvalue weighted by Crippen LogP contribution is -2.39. The maximum atomic E-state index is 12.1. The second-order valence-electron chi connectivity index (χ2n) is 5.59. The molecule has 0 amide bonds. The van der Waals surface area contributed by atoms with Gasteiger partial charge < -0.3 is 15.5 Å². The van der Waals surface area contributed by atoms with E-state index in [0.717, 1.165) is 19.5 Å².